The Kier molecular flexibility index (Phi) is 10.3. The Morgan fingerprint density at radius 2 is 1.79 bits per heavy atom. The first-order chi connectivity index (χ1) is 15.3. The van der Waals surface area contributed by atoms with Crippen LogP contribution in [0.4, 0.5) is 4.79 Å². The monoisotopic (exact) mass is 465 g/mol. The number of aliphatic hydroxyl groups is 1. The molecular formula is C23H35N3O7. The molecule has 0 spiro atoms. The molecule has 3 amide bonds. The first-order valence-electron chi connectivity index (χ1n) is 10.6. The van der Waals surface area contributed by atoms with Gasteiger partial charge in [-0.25, -0.2) is 4.79 Å². The third kappa shape index (κ3) is 8.38. The molecule has 33 heavy (non-hydrogen) atoms. The van der Waals surface area contributed by atoms with Crippen LogP contribution < -0.4 is 10.6 Å². The Balaban J connectivity index is 3.32. The first-order valence-corrected chi connectivity index (χ1v) is 10.6. The van der Waals surface area contributed by atoms with Crippen molar-refractivity contribution in [2.24, 2.45) is 0 Å². The predicted octanol–water partition coefficient (Wildman–Crippen LogP) is 1.37. The third-order valence-corrected chi connectivity index (χ3v) is 4.86. The van der Waals surface area contributed by atoms with Gasteiger partial charge in [0.2, 0.25) is 11.8 Å². The van der Waals surface area contributed by atoms with Crippen LogP contribution in [-0.2, 0) is 23.9 Å². The molecule has 1 rings (SSSR count). The summed E-state index contributed by atoms with van der Waals surface area (Å²) in [5.41, 5.74) is 1.45. The number of hydrogen-bond donors (Lipinski definition) is 3. The summed E-state index contributed by atoms with van der Waals surface area (Å²) in [5, 5.41) is 14.6. The maximum atomic E-state index is 13.3. The van der Waals surface area contributed by atoms with E-state index in [1.54, 1.807) is 32.9 Å². The second-order valence-corrected chi connectivity index (χ2v) is 8.61. The van der Waals surface area contributed by atoms with Gasteiger partial charge >= 0.3 is 12.1 Å². The maximum Gasteiger partial charge on any atom is 0.408 e. The van der Waals surface area contributed by atoms with Gasteiger partial charge in [-0.3, -0.25) is 14.4 Å². The molecule has 1 aromatic carbocycles. The van der Waals surface area contributed by atoms with Crippen LogP contribution in [0.1, 0.15) is 50.4 Å². The molecule has 0 saturated heterocycles. The quantitative estimate of drug-likeness (QED) is 0.469. The van der Waals surface area contributed by atoms with E-state index in [0.29, 0.717) is 5.56 Å². The largest absolute Gasteiger partial charge is 0.468 e. The minimum absolute atomic E-state index is 0.178. The van der Waals surface area contributed by atoms with Crippen LogP contribution in [0.5, 0.6) is 0 Å². The fraction of sp³-hybridized carbons (Fsp3) is 0.565. The summed E-state index contributed by atoms with van der Waals surface area (Å²) in [5.74, 6) is -1.88. The zero-order valence-electron chi connectivity index (χ0n) is 20.4. The summed E-state index contributed by atoms with van der Waals surface area (Å²) in [4.78, 5) is 51.4. The molecule has 0 fully saturated rings. The molecule has 10 heteroatoms. The highest BCUT2D eigenvalue weighted by Crippen LogP contribution is 2.27. The third-order valence-electron chi connectivity index (χ3n) is 4.86. The Morgan fingerprint density at radius 3 is 2.33 bits per heavy atom. The number of aliphatic hydroxyl groups excluding tert-OH is 1. The minimum atomic E-state index is -1.16. The van der Waals surface area contributed by atoms with Crippen molar-refractivity contribution in [2.45, 2.75) is 59.2 Å². The summed E-state index contributed by atoms with van der Waals surface area (Å²) in [6.45, 7) is 9.24. The van der Waals surface area contributed by atoms with Crippen molar-refractivity contribution in [3.8, 4) is 0 Å². The molecule has 0 radical (unpaired) electrons. The van der Waals surface area contributed by atoms with Crippen LogP contribution >= 0.6 is 0 Å². The van der Waals surface area contributed by atoms with E-state index in [1.807, 2.05) is 19.9 Å². The van der Waals surface area contributed by atoms with E-state index in [9.17, 15) is 24.3 Å². The van der Waals surface area contributed by atoms with Crippen LogP contribution in [-0.4, -0.2) is 72.3 Å². The molecule has 0 aromatic heterocycles. The van der Waals surface area contributed by atoms with Crippen molar-refractivity contribution < 1.29 is 33.8 Å². The summed E-state index contributed by atoms with van der Waals surface area (Å²) < 4.78 is 9.77. The number of methoxy groups -OCH3 is 1. The van der Waals surface area contributed by atoms with Crippen molar-refractivity contribution in [1.82, 2.24) is 15.5 Å². The van der Waals surface area contributed by atoms with Gasteiger partial charge in [0.05, 0.1) is 13.7 Å². The van der Waals surface area contributed by atoms with Crippen molar-refractivity contribution in [3.63, 3.8) is 0 Å². The molecule has 2 unspecified atom stereocenters. The van der Waals surface area contributed by atoms with Crippen LogP contribution in [0, 0.1) is 13.8 Å². The van der Waals surface area contributed by atoms with Gasteiger partial charge in [-0.15, -0.1) is 0 Å². The smallest absolute Gasteiger partial charge is 0.408 e. The van der Waals surface area contributed by atoms with Gasteiger partial charge in [-0.05, 0) is 58.2 Å². The van der Waals surface area contributed by atoms with Gasteiger partial charge < -0.3 is 30.1 Å². The average Bonchev–Trinajstić information content (AvgIpc) is 2.72. The van der Waals surface area contributed by atoms with Crippen molar-refractivity contribution in [3.05, 3.63) is 34.9 Å². The van der Waals surface area contributed by atoms with Gasteiger partial charge in [-0.1, -0.05) is 18.2 Å². The number of alkyl carbamates (subject to hydrolysis) is 1. The Labute approximate surface area is 194 Å². The summed E-state index contributed by atoms with van der Waals surface area (Å²) >= 11 is 0. The molecule has 0 bridgehead atoms. The van der Waals surface area contributed by atoms with E-state index in [2.05, 4.69) is 15.4 Å². The zero-order valence-corrected chi connectivity index (χ0v) is 20.4. The number of nitrogens with zero attached hydrogens (tertiary/aromatic N) is 1. The number of esters is 1. The number of hydrogen-bond acceptors (Lipinski definition) is 7. The molecule has 3 N–H and O–H groups in total. The molecule has 0 heterocycles. The normalized spacial score (nSPS) is 12.8. The topological polar surface area (TPSA) is 134 Å². The van der Waals surface area contributed by atoms with E-state index in [-0.39, 0.29) is 13.1 Å². The fourth-order valence-corrected chi connectivity index (χ4v) is 3.12. The molecule has 2 atom stereocenters. The number of amides is 3. The number of ether oxygens (including phenoxy) is 2. The van der Waals surface area contributed by atoms with Gasteiger partial charge in [-0.2, -0.15) is 0 Å². The fourth-order valence-electron chi connectivity index (χ4n) is 3.12. The molecule has 1 aromatic rings. The molecule has 0 aliphatic rings. The summed E-state index contributed by atoms with van der Waals surface area (Å²) in [6.07, 6.45) is -0.786. The second kappa shape index (κ2) is 12.2. The van der Waals surface area contributed by atoms with Crippen molar-refractivity contribution >= 4 is 23.9 Å². The predicted molar refractivity (Wildman–Crippen MR) is 121 cm³/mol. The number of nitrogens with one attached hydrogen (secondary N) is 2. The van der Waals surface area contributed by atoms with Gasteiger partial charge in [0, 0.05) is 6.54 Å². The van der Waals surface area contributed by atoms with Crippen LogP contribution in [0.3, 0.4) is 0 Å². The van der Waals surface area contributed by atoms with Crippen molar-refractivity contribution in [1.29, 1.82) is 0 Å². The van der Waals surface area contributed by atoms with Gasteiger partial charge in [0.15, 0.2) is 0 Å². The highest BCUT2D eigenvalue weighted by atomic mass is 16.6. The number of rotatable bonds is 9. The van der Waals surface area contributed by atoms with Crippen LogP contribution in [0.2, 0.25) is 0 Å². The van der Waals surface area contributed by atoms with E-state index < -0.39 is 48.2 Å². The Hall–Kier alpha value is -3.14. The lowest BCUT2D eigenvalue weighted by atomic mass is 9.95. The van der Waals surface area contributed by atoms with Crippen LogP contribution in [0.25, 0.3) is 0 Å². The van der Waals surface area contributed by atoms with E-state index in [1.165, 1.54) is 18.9 Å². The summed E-state index contributed by atoms with van der Waals surface area (Å²) in [7, 11) is 1.20. The molecule has 0 aliphatic carbocycles. The summed E-state index contributed by atoms with van der Waals surface area (Å²) in [6, 6.07) is 3.12. The van der Waals surface area contributed by atoms with E-state index in [4.69, 9.17) is 4.74 Å². The lowest BCUT2D eigenvalue weighted by molar-refractivity contribution is -0.145. The SMILES string of the molecule is COC(=O)CNC(=O)C(c1cccc(C)c1C)N(CCO)C(=O)C(C)NC(=O)OC(C)(C)C. The first kappa shape index (κ1) is 27.9. The number of carbonyl (C=O) groups is 4. The average molecular weight is 466 g/mol. The van der Waals surface area contributed by atoms with E-state index >= 15 is 0 Å². The van der Waals surface area contributed by atoms with Crippen molar-refractivity contribution in [2.75, 3.05) is 26.8 Å². The highest BCUT2D eigenvalue weighted by molar-refractivity contribution is 5.93. The Morgan fingerprint density at radius 1 is 1.15 bits per heavy atom. The van der Waals surface area contributed by atoms with Gasteiger partial charge in [0.1, 0.15) is 24.2 Å². The number of benzene rings is 1. The lowest BCUT2D eigenvalue weighted by Gasteiger charge is -2.34. The standard InChI is InChI=1S/C23H35N3O7/c1-14-9-8-10-17(15(14)2)19(20(29)24-13-18(28)32-7)26(11-12-27)21(30)16(3)25-22(31)33-23(4,5)6/h8-10,16,19,27H,11-13H2,1-7H3,(H,24,29)(H,25,31). The molecule has 0 aliphatic heterocycles. The molecule has 0 saturated carbocycles. The second-order valence-electron chi connectivity index (χ2n) is 8.61. The van der Waals surface area contributed by atoms with Gasteiger partial charge in [0.25, 0.3) is 0 Å². The maximum absolute atomic E-state index is 13.3. The lowest BCUT2D eigenvalue weighted by Crippen LogP contribution is -2.53. The highest BCUT2D eigenvalue weighted by Gasteiger charge is 2.35. The van der Waals surface area contributed by atoms with E-state index in [0.717, 1.165) is 11.1 Å². The molecule has 10 nitrogen and oxygen atoms in total. The Bertz CT molecular complexity index is 864. The molecule has 184 valence electrons. The number of carbonyl (C=O) groups excluding carboxylic acids is 4. The number of aryl methyl sites for hydroxylation is 1. The molecular weight excluding hydrogens is 430 g/mol. The zero-order chi connectivity index (χ0) is 25.3. The minimum Gasteiger partial charge on any atom is -0.468 e. The van der Waals surface area contributed by atoms with Crippen LogP contribution in [0.15, 0.2) is 18.2 Å².